The van der Waals surface area contributed by atoms with E-state index < -0.39 is 0 Å². The zero-order chi connectivity index (χ0) is 14.8. The van der Waals surface area contributed by atoms with Gasteiger partial charge in [-0.25, -0.2) is 0 Å². The fourth-order valence-electron chi connectivity index (χ4n) is 3.66. The Balaban J connectivity index is 2.28. The first kappa shape index (κ1) is 12.9. The molecular weight excluding hydrogens is 400 g/mol. The second-order valence-corrected chi connectivity index (χ2v) is 7.55. The number of hydrogen-bond donors (Lipinski definition) is 0. The van der Waals surface area contributed by atoms with Gasteiger partial charge in [-0.2, -0.15) is 0 Å². The molecule has 0 aliphatic heterocycles. The molecule has 5 aromatic carbocycles. The lowest BCUT2D eigenvalue weighted by atomic mass is 9.90. The summed E-state index contributed by atoms with van der Waals surface area (Å²) in [5.41, 5.74) is 0. The SMILES string of the molecule is Brc1cc2cccc3c4cc(Br)cc5cccc(c(c1)c23)c54. The molecule has 0 aliphatic carbocycles. The van der Waals surface area contributed by atoms with Crippen molar-refractivity contribution in [1.82, 2.24) is 0 Å². The minimum absolute atomic E-state index is 1.13. The molecular formula is C20H10Br2. The predicted octanol–water partition coefficient (Wildman–Crippen LogP) is 7.26. The van der Waals surface area contributed by atoms with E-state index >= 15 is 0 Å². The van der Waals surface area contributed by atoms with Crippen LogP contribution in [0.15, 0.2) is 69.6 Å². The minimum Gasteiger partial charge on any atom is -0.0610 e. The summed E-state index contributed by atoms with van der Waals surface area (Å²) in [4.78, 5) is 0. The zero-order valence-corrected chi connectivity index (χ0v) is 14.7. The van der Waals surface area contributed by atoms with Crippen molar-refractivity contribution in [2.24, 2.45) is 0 Å². The summed E-state index contributed by atoms with van der Waals surface area (Å²) in [6.07, 6.45) is 0. The number of fused-ring (bicyclic) bond motifs is 2. The van der Waals surface area contributed by atoms with Gasteiger partial charge in [-0.1, -0.05) is 68.3 Å². The summed E-state index contributed by atoms with van der Waals surface area (Å²) in [6.45, 7) is 0. The molecule has 104 valence electrons. The molecule has 0 saturated carbocycles. The molecule has 2 heteroatoms. The van der Waals surface area contributed by atoms with E-state index in [1.54, 1.807) is 0 Å². The normalized spacial score (nSPS) is 12.1. The van der Waals surface area contributed by atoms with Crippen molar-refractivity contribution in [2.45, 2.75) is 0 Å². The fraction of sp³-hybridized carbons (Fsp3) is 0. The maximum atomic E-state index is 3.66. The van der Waals surface area contributed by atoms with E-state index in [-0.39, 0.29) is 0 Å². The van der Waals surface area contributed by atoms with Crippen LogP contribution in [0.2, 0.25) is 0 Å². The Morgan fingerprint density at radius 2 is 0.955 bits per heavy atom. The van der Waals surface area contributed by atoms with Crippen LogP contribution in [0.1, 0.15) is 0 Å². The molecule has 0 nitrogen and oxygen atoms in total. The van der Waals surface area contributed by atoms with Crippen LogP contribution in [0.4, 0.5) is 0 Å². The van der Waals surface area contributed by atoms with Crippen molar-refractivity contribution < 1.29 is 0 Å². The maximum absolute atomic E-state index is 3.66. The highest BCUT2D eigenvalue weighted by Gasteiger charge is 2.13. The molecule has 0 amide bonds. The molecule has 0 saturated heterocycles. The van der Waals surface area contributed by atoms with Gasteiger partial charge in [-0.3, -0.25) is 0 Å². The van der Waals surface area contributed by atoms with Crippen LogP contribution in [0.25, 0.3) is 43.1 Å². The molecule has 22 heavy (non-hydrogen) atoms. The topological polar surface area (TPSA) is 0 Å². The van der Waals surface area contributed by atoms with Crippen molar-refractivity contribution in [3.63, 3.8) is 0 Å². The highest BCUT2D eigenvalue weighted by Crippen LogP contribution is 2.42. The third-order valence-corrected chi connectivity index (χ3v) is 5.38. The Morgan fingerprint density at radius 3 is 1.41 bits per heavy atom. The summed E-state index contributed by atoms with van der Waals surface area (Å²) >= 11 is 7.33. The fourth-order valence-corrected chi connectivity index (χ4v) is 4.61. The van der Waals surface area contributed by atoms with Gasteiger partial charge in [0.2, 0.25) is 0 Å². The van der Waals surface area contributed by atoms with Crippen molar-refractivity contribution in [3.8, 4) is 0 Å². The van der Waals surface area contributed by atoms with E-state index in [4.69, 9.17) is 0 Å². The van der Waals surface area contributed by atoms with Gasteiger partial charge >= 0.3 is 0 Å². The van der Waals surface area contributed by atoms with Gasteiger partial charge in [0, 0.05) is 8.95 Å². The Hall–Kier alpha value is -1.64. The summed E-state index contributed by atoms with van der Waals surface area (Å²) in [5.74, 6) is 0. The first-order valence-corrected chi connectivity index (χ1v) is 8.76. The monoisotopic (exact) mass is 408 g/mol. The molecule has 0 fully saturated rings. The van der Waals surface area contributed by atoms with Gasteiger partial charge in [0.25, 0.3) is 0 Å². The maximum Gasteiger partial charge on any atom is 0.0187 e. The lowest BCUT2D eigenvalue weighted by Gasteiger charge is -2.15. The first-order chi connectivity index (χ1) is 10.7. The molecule has 0 bridgehead atoms. The van der Waals surface area contributed by atoms with Gasteiger partial charge in [0.05, 0.1) is 0 Å². The van der Waals surface area contributed by atoms with Crippen LogP contribution >= 0.6 is 31.9 Å². The minimum atomic E-state index is 1.13. The summed E-state index contributed by atoms with van der Waals surface area (Å²) in [5, 5.41) is 10.6. The quantitative estimate of drug-likeness (QED) is 0.186. The lowest BCUT2D eigenvalue weighted by molar-refractivity contribution is 1.73. The van der Waals surface area contributed by atoms with Crippen LogP contribution in [-0.4, -0.2) is 0 Å². The van der Waals surface area contributed by atoms with Crippen LogP contribution < -0.4 is 0 Å². The Kier molecular flexibility index (Phi) is 2.59. The molecule has 0 spiro atoms. The van der Waals surface area contributed by atoms with Gasteiger partial charge in [0.15, 0.2) is 0 Å². The van der Waals surface area contributed by atoms with E-state index in [2.05, 4.69) is 92.5 Å². The highest BCUT2D eigenvalue weighted by molar-refractivity contribution is 9.10. The number of benzene rings is 5. The first-order valence-electron chi connectivity index (χ1n) is 7.18. The molecule has 0 N–H and O–H groups in total. The van der Waals surface area contributed by atoms with Crippen molar-refractivity contribution in [3.05, 3.63) is 69.6 Å². The van der Waals surface area contributed by atoms with Crippen LogP contribution in [0, 0.1) is 0 Å². The molecule has 5 aromatic rings. The average Bonchev–Trinajstić information content (AvgIpc) is 2.51. The van der Waals surface area contributed by atoms with Crippen molar-refractivity contribution in [1.29, 1.82) is 0 Å². The van der Waals surface area contributed by atoms with Crippen molar-refractivity contribution in [2.75, 3.05) is 0 Å². The predicted molar refractivity (Wildman–Crippen MR) is 103 cm³/mol. The second-order valence-electron chi connectivity index (χ2n) is 5.71. The number of halogens is 2. The molecule has 0 atom stereocenters. The summed E-state index contributed by atoms with van der Waals surface area (Å²) in [7, 11) is 0. The molecule has 0 heterocycles. The van der Waals surface area contributed by atoms with E-state index in [1.807, 2.05) is 0 Å². The second kappa shape index (κ2) is 4.43. The van der Waals surface area contributed by atoms with E-state index in [0.29, 0.717) is 0 Å². The highest BCUT2D eigenvalue weighted by atomic mass is 79.9. The van der Waals surface area contributed by atoms with E-state index in [1.165, 1.54) is 43.1 Å². The zero-order valence-electron chi connectivity index (χ0n) is 11.5. The number of hydrogen-bond acceptors (Lipinski definition) is 0. The Morgan fingerprint density at radius 1 is 0.500 bits per heavy atom. The molecule has 0 aromatic heterocycles. The van der Waals surface area contributed by atoms with Crippen LogP contribution in [0.5, 0.6) is 0 Å². The molecule has 5 rings (SSSR count). The smallest absolute Gasteiger partial charge is 0.0187 e. The molecule has 0 aliphatic rings. The lowest BCUT2D eigenvalue weighted by Crippen LogP contribution is -1.87. The number of rotatable bonds is 0. The van der Waals surface area contributed by atoms with Gasteiger partial charge in [-0.05, 0) is 67.4 Å². The standard InChI is InChI=1S/C20H10Br2/c21-13-7-11-3-1-5-15-17-9-14(22)8-12-4-2-6-16(20(12)17)18(10-13)19(11)15/h1-10H. The van der Waals surface area contributed by atoms with Crippen LogP contribution in [-0.2, 0) is 0 Å². The van der Waals surface area contributed by atoms with Gasteiger partial charge < -0.3 is 0 Å². The van der Waals surface area contributed by atoms with E-state index in [0.717, 1.165) is 8.95 Å². The Labute approximate surface area is 144 Å². The summed E-state index contributed by atoms with van der Waals surface area (Å²) < 4.78 is 2.26. The van der Waals surface area contributed by atoms with E-state index in [9.17, 15) is 0 Å². The average molecular weight is 410 g/mol. The largest absolute Gasteiger partial charge is 0.0610 e. The molecule has 0 unspecified atom stereocenters. The van der Waals surface area contributed by atoms with Crippen LogP contribution in [0.3, 0.4) is 0 Å². The third-order valence-electron chi connectivity index (χ3n) is 4.46. The van der Waals surface area contributed by atoms with Gasteiger partial charge in [-0.15, -0.1) is 0 Å². The third kappa shape index (κ3) is 1.62. The van der Waals surface area contributed by atoms with Gasteiger partial charge in [0.1, 0.15) is 0 Å². The Bertz CT molecular complexity index is 1090. The van der Waals surface area contributed by atoms with Crippen molar-refractivity contribution >= 4 is 74.9 Å². The molecule has 0 radical (unpaired) electrons. The summed E-state index contributed by atoms with van der Waals surface area (Å²) in [6, 6.07) is 22.0.